The maximum Gasteiger partial charge on any atom is 0.137 e. The fraction of sp³-hybridized carbons (Fsp3) is 0.500. The normalized spacial score (nSPS) is 21.4. The number of hydrogen-bond donors (Lipinski definition) is 0. The summed E-state index contributed by atoms with van der Waals surface area (Å²) in [5, 5.41) is 0. The van der Waals surface area contributed by atoms with Crippen molar-refractivity contribution in [2.45, 2.75) is 33.1 Å². The zero-order valence-corrected chi connectivity index (χ0v) is 12.5. The topological polar surface area (TPSA) is 28.0 Å². The SMILES string of the molecule is CN=C1c2c(C)c(C)c3c(c2C(=NC)N1C)CCC3. The van der Waals surface area contributed by atoms with E-state index < -0.39 is 0 Å². The second kappa shape index (κ2) is 4.19. The van der Waals surface area contributed by atoms with Gasteiger partial charge in [0.05, 0.1) is 0 Å². The Kier molecular flexibility index (Phi) is 2.73. The number of hydrogen-bond acceptors (Lipinski definition) is 2. The molecule has 1 aromatic rings. The van der Waals surface area contributed by atoms with Crippen molar-refractivity contribution in [2.75, 3.05) is 21.1 Å². The van der Waals surface area contributed by atoms with Crippen molar-refractivity contribution < 1.29 is 0 Å². The first-order valence-corrected chi connectivity index (χ1v) is 6.94. The van der Waals surface area contributed by atoms with Crippen LogP contribution < -0.4 is 0 Å². The number of aliphatic imine (C=N–C) groups is 2. The molecule has 0 aromatic heterocycles. The van der Waals surface area contributed by atoms with Crippen molar-refractivity contribution in [1.29, 1.82) is 0 Å². The Bertz CT molecular complexity index is 624. The Labute approximate surface area is 115 Å². The summed E-state index contributed by atoms with van der Waals surface area (Å²) in [6.07, 6.45) is 3.67. The molecule has 0 unspecified atom stereocenters. The molecule has 100 valence electrons. The van der Waals surface area contributed by atoms with Crippen LogP contribution in [0.2, 0.25) is 0 Å². The Balaban J connectivity index is 2.44. The average molecular weight is 255 g/mol. The summed E-state index contributed by atoms with van der Waals surface area (Å²) >= 11 is 0. The van der Waals surface area contributed by atoms with E-state index in [1.54, 1.807) is 5.56 Å². The smallest absolute Gasteiger partial charge is 0.137 e. The third-order valence-corrected chi connectivity index (χ3v) is 4.67. The molecule has 0 atom stereocenters. The van der Waals surface area contributed by atoms with Crippen molar-refractivity contribution in [3.8, 4) is 0 Å². The molecular weight excluding hydrogens is 234 g/mol. The molecule has 0 saturated heterocycles. The highest BCUT2D eigenvalue weighted by Gasteiger charge is 2.35. The summed E-state index contributed by atoms with van der Waals surface area (Å²) in [6.45, 7) is 4.48. The summed E-state index contributed by atoms with van der Waals surface area (Å²) in [5.41, 5.74) is 8.57. The summed E-state index contributed by atoms with van der Waals surface area (Å²) in [7, 11) is 5.82. The molecule has 0 radical (unpaired) electrons. The summed E-state index contributed by atoms with van der Waals surface area (Å²) in [5.74, 6) is 2.14. The van der Waals surface area contributed by atoms with Crippen LogP contribution in [-0.4, -0.2) is 37.7 Å². The molecule has 1 aromatic carbocycles. The van der Waals surface area contributed by atoms with Crippen LogP contribution in [0.25, 0.3) is 0 Å². The minimum atomic E-state index is 1.06. The van der Waals surface area contributed by atoms with Crippen LogP contribution >= 0.6 is 0 Å². The van der Waals surface area contributed by atoms with Gasteiger partial charge in [-0.15, -0.1) is 0 Å². The lowest BCUT2D eigenvalue weighted by Gasteiger charge is -2.14. The predicted molar refractivity (Wildman–Crippen MR) is 80.6 cm³/mol. The summed E-state index contributed by atoms with van der Waals surface area (Å²) in [6, 6.07) is 0. The molecule has 0 spiro atoms. The van der Waals surface area contributed by atoms with E-state index in [9.17, 15) is 0 Å². The number of amidine groups is 2. The Hall–Kier alpha value is -1.64. The van der Waals surface area contributed by atoms with Crippen molar-refractivity contribution in [3.05, 3.63) is 33.4 Å². The second-order valence-electron chi connectivity index (χ2n) is 5.46. The van der Waals surface area contributed by atoms with Crippen LogP contribution in [0.5, 0.6) is 0 Å². The quantitative estimate of drug-likeness (QED) is 0.700. The maximum atomic E-state index is 4.52. The van der Waals surface area contributed by atoms with E-state index in [1.165, 1.54) is 47.1 Å². The lowest BCUT2D eigenvalue weighted by atomic mass is 9.90. The molecule has 0 fully saturated rings. The van der Waals surface area contributed by atoms with E-state index in [1.807, 2.05) is 14.1 Å². The molecule has 1 aliphatic carbocycles. The van der Waals surface area contributed by atoms with Gasteiger partial charge in [0.1, 0.15) is 11.7 Å². The molecule has 0 N–H and O–H groups in total. The van der Waals surface area contributed by atoms with Gasteiger partial charge in [-0.3, -0.25) is 9.98 Å². The molecule has 19 heavy (non-hydrogen) atoms. The molecule has 3 heteroatoms. The first-order chi connectivity index (χ1) is 9.11. The van der Waals surface area contributed by atoms with Crippen LogP contribution in [0.1, 0.15) is 39.8 Å². The van der Waals surface area contributed by atoms with Crippen molar-refractivity contribution >= 4 is 11.7 Å². The van der Waals surface area contributed by atoms with E-state index in [4.69, 9.17) is 0 Å². The zero-order valence-electron chi connectivity index (χ0n) is 12.5. The number of benzene rings is 1. The zero-order chi connectivity index (χ0) is 13.7. The lowest BCUT2D eigenvalue weighted by Crippen LogP contribution is -2.26. The second-order valence-corrected chi connectivity index (χ2v) is 5.46. The van der Waals surface area contributed by atoms with Gasteiger partial charge in [-0.2, -0.15) is 0 Å². The Morgan fingerprint density at radius 3 is 2.05 bits per heavy atom. The summed E-state index contributed by atoms with van der Waals surface area (Å²) in [4.78, 5) is 11.1. The molecule has 3 nitrogen and oxygen atoms in total. The van der Waals surface area contributed by atoms with Gasteiger partial charge in [0, 0.05) is 32.3 Å². The molecule has 3 rings (SSSR count). The Morgan fingerprint density at radius 2 is 1.42 bits per heavy atom. The van der Waals surface area contributed by atoms with Gasteiger partial charge in [-0.25, -0.2) is 0 Å². The van der Waals surface area contributed by atoms with E-state index >= 15 is 0 Å². The van der Waals surface area contributed by atoms with Crippen molar-refractivity contribution in [3.63, 3.8) is 0 Å². The maximum absolute atomic E-state index is 4.52. The van der Waals surface area contributed by atoms with Crippen LogP contribution in [0.15, 0.2) is 9.98 Å². The third-order valence-electron chi connectivity index (χ3n) is 4.67. The number of rotatable bonds is 0. The van der Waals surface area contributed by atoms with E-state index in [0.29, 0.717) is 0 Å². The Morgan fingerprint density at radius 1 is 0.842 bits per heavy atom. The van der Waals surface area contributed by atoms with E-state index in [0.717, 1.165) is 11.7 Å². The molecule has 0 saturated carbocycles. The lowest BCUT2D eigenvalue weighted by molar-refractivity contribution is 0.765. The number of fused-ring (bicyclic) bond motifs is 3. The highest BCUT2D eigenvalue weighted by molar-refractivity contribution is 6.26. The van der Waals surface area contributed by atoms with Gasteiger partial charge >= 0.3 is 0 Å². The summed E-state index contributed by atoms with van der Waals surface area (Å²) < 4.78 is 0. The highest BCUT2D eigenvalue weighted by atomic mass is 15.2. The van der Waals surface area contributed by atoms with Gasteiger partial charge in [0.15, 0.2) is 0 Å². The molecule has 1 heterocycles. The van der Waals surface area contributed by atoms with E-state index in [-0.39, 0.29) is 0 Å². The van der Waals surface area contributed by atoms with Crippen molar-refractivity contribution in [1.82, 2.24) is 4.90 Å². The van der Waals surface area contributed by atoms with Gasteiger partial charge in [-0.05, 0) is 55.4 Å². The fourth-order valence-electron chi connectivity index (χ4n) is 3.67. The highest BCUT2D eigenvalue weighted by Crippen LogP contribution is 2.38. The molecule has 0 bridgehead atoms. The molecule has 1 aliphatic heterocycles. The largest absolute Gasteiger partial charge is 0.314 e. The van der Waals surface area contributed by atoms with Gasteiger partial charge in [-0.1, -0.05) is 0 Å². The van der Waals surface area contributed by atoms with Crippen molar-refractivity contribution in [2.24, 2.45) is 9.98 Å². The minimum Gasteiger partial charge on any atom is -0.314 e. The third kappa shape index (κ3) is 1.44. The fourth-order valence-corrected chi connectivity index (χ4v) is 3.67. The van der Waals surface area contributed by atoms with Crippen LogP contribution in [-0.2, 0) is 12.8 Å². The van der Waals surface area contributed by atoms with Crippen LogP contribution in [0.4, 0.5) is 0 Å². The average Bonchev–Trinajstić information content (AvgIpc) is 2.97. The standard InChI is InChI=1S/C16H21N3/c1-9-10(2)13-14(12-8-6-7-11(9)12)16(18-4)19(5)15(13)17-3/h6-8H2,1-5H3. The van der Waals surface area contributed by atoms with Gasteiger partial charge in [0.25, 0.3) is 0 Å². The van der Waals surface area contributed by atoms with Gasteiger partial charge in [0.2, 0.25) is 0 Å². The van der Waals surface area contributed by atoms with Gasteiger partial charge < -0.3 is 4.90 Å². The monoisotopic (exact) mass is 255 g/mol. The van der Waals surface area contributed by atoms with Crippen LogP contribution in [0.3, 0.4) is 0 Å². The molecular formula is C16H21N3. The first kappa shape index (κ1) is 12.4. The number of nitrogens with zero attached hydrogens (tertiary/aromatic N) is 3. The van der Waals surface area contributed by atoms with Crippen LogP contribution in [0, 0.1) is 13.8 Å². The predicted octanol–water partition coefficient (Wildman–Crippen LogP) is 2.49. The molecule has 2 aliphatic rings. The molecule has 0 amide bonds. The first-order valence-electron chi connectivity index (χ1n) is 6.94. The van der Waals surface area contributed by atoms with E-state index in [2.05, 4.69) is 35.8 Å². The minimum absolute atomic E-state index is 1.06.